The van der Waals surface area contributed by atoms with Crippen LogP contribution in [0.4, 0.5) is 0 Å². The molecule has 2 aromatic rings. The maximum Gasteiger partial charge on any atom is 0.293 e. The molecule has 10 heteroatoms. The molecule has 0 radical (unpaired) electrons. The zero-order valence-electron chi connectivity index (χ0n) is 15.4. The molecule has 2 rings (SSSR count). The highest BCUT2D eigenvalue weighted by molar-refractivity contribution is 9.10. The fourth-order valence-electron chi connectivity index (χ4n) is 2.02. The van der Waals surface area contributed by atoms with Gasteiger partial charge in [0.2, 0.25) is 0 Å². The van der Waals surface area contributed by atoms with E-state index < -0.39 is 11.8 Å². The van der Waals surface area contributed by atoms with Crippen molar-refractivity contribution < 1.29 is 18.7 Å². The molecule has 0 fully saturated rings. The van der Waals surface area contributed by atoms with Gasteiger partial charge in [-0.3, -0.25) is 25.8 Å². The molecule has 1 aromatic heterocycles. The van der Waals surface area contributed by atoms with Crippen molar-refractivity contribution in [1.29, 1.82) is 0 Å². The van der Waals surface area contributed by atoms with Gasteiger partial charge in [0, 0.05) is 0 Å². The Morgan fingerprint density at radius 2 is 1.86 bits per heavy atom. The van der Waals surface area contributed by atoms with Crippen molar-refractivity contribution in [2.24, 2.45) is 0 Å². The van der Waals surface area contributed by atoms with Crippen LogP contribution in [0.5, 0.6) is 5.75 Å². The van der Waals surface area contributed by atoms with Gasteiger partial charge in [0.1, 0.15) is 5.75 Å². The minimum atomic E-state index is -0.545. The number of ether oxygens (including phenoxy) is 1. The molecule has 0 aliphatic carbocycles. The van der Waals surface area contributed by atoms with E-state index in [-0.39, 0.29) is 22.9 Å². The van der Waals surface area contributed by atoms with Gasteiger partial charge in [-0.15, -0.1) is 0 Å². The summed E-state index contributed by atoms with van der Waals surface area (Å²) in [5.41, 5.74) is 5.92. The molecule has 28 heavy (non-hydrogen) atoms. The third-order valence-corrected chi connectivity index (χ3v) is 4.75. The molecule has 150 valence electrons. The summed E-state index contributed by atoms with van der Waals surface area (Å²) in [5, 5.41) is 2.29. The summed E-state index contributed by atoms with van der Waals surface area (Å²) >= 11 is 11.5. The van der Waals surface area contributed by atoms with Crippen LogP contribution in [0.2, 0.25) is 0 Å². The number of benzene rings is 1. The van der Waals surface area contributed by atoms with E-state index >= 15 is 0 Å². The van der Waals surface area contributed by atoms with Crippen LogP contribution in [0.3, 0.4) is 0 Å². The van der Waals surface area contributed by atoms with E-state index in [0.29, 0.717) is 10.4 Å². The van der Waals surface area contributed by atoms with E-state index in [9.17, 15) is 9.59 Å². The van der Waals surface area contributed by atoms with E-state index in [1.165, 1.54) is 6.07 Å². The molecule has 7 nitrogen and oxygen atoms in total. The first-order valence-corrected chi connectivity index (χ1v) is 10.1. The first-order chi connectivity index (χ1) is 13.1. The van der Waals surface area contributed by atoms with Gasteiger partial charge < -0.3 is 9.15 Å². The van der Waals surface area contributed by atoms with E-state index in [1.807, 2.05) is 12.1 Å². The van der Waals surface area contributed by atoms with Gasteiger partial charge in [-0.25, -0.2) is 0 Å². The second-order valence-corrected chi connectivity index (χ2v) is 8.79. The first kappa shape index (κ1) is 22.4. The predicted octanol–water partition coefficient (Wildman–Crippen LogP) is 3.82. The summed E-state index contributed by atoms with van der Waals surface area (Å²) in [6.45, 7) is 6.10. The summed E-state index contributed by atoms with van der Waals surface area (Å²) in [7, 11) is 0. The van der Waals surface area contributed by atoms with E-state index in [4.69, 9.17) is 21.4 Å². The predicted molar refractivity (Wildman–Crippen MR) is 116 cm³/mol. The molecule has 0 unspecified atom stereocenters. The van der Waals surface area contributed by atoms with Crippen LogP contribution in [0, 0.1) is 0 Å². The average Bonchev–Trinajstić information content (AvgIpc) is 3.04. The van der Waals surface area contributed by atoms with E-state index in [2.05, 4.69) is 68.8 Å². The number of halogens is 2. The number of carbonyl (C=O) groups excluding carboxylic acids is 2. The minimum Gasteiger partial charge on any atom is -0.483 e. The fraction of sp³-hybridized carbons (Fsp3) is 0.278. The maximum absolute atomic E-state index is 11.9. The lowest BCUT2D eigenvalue weighted by Crippen LogP contribution is -2.49. The fourth-order valence-corrected chi connectivity index (χ4v) is 2.97. The van der Waals surface area contributed by atoms with Crippen molar-refractivity contribution in [3.8, 4) is 5.75 Å². The number of rotatable bonds is 4. The molecular weight excluding hydrogens is 514 g/mol. The van der Waals surface area contributed by atoms with Gasteiger partial charge >= 0.3 is 0 Å². The smallest absolute Gasteiger partial charge is 0.293 e. The average molecular weight is 533 g/mol. The van der Waals surface area contributed by atoms with Crippen LogP contribution < -0.4 is 20.9 Å². The number of hydrogen-bond donors (Lipinski definition) is 3. The summed E-state index contributed by atoms with van der Waals surface area (Å²) in [6, 6.07) is 8.78. The maximum atomic E-state index is 11.9. The van der Waals surface area contributed by atoms with Crippen molar-refractivity contribution in [2.75, 3.05) is 6.61 Å². The molecule has 0 spiro atoms. The summed E-state index contributed by atoms with van der Waals surface area (Å²) < 4.78 is 11.8. The van der Waals surface area contributed by atoms with E-state index in [0.717, 1.165) is 10.0 Å². The van der Waals surface area contributed by atoms with Crippen molar-refractivity contribution >= 4 is 61.0 Å². The van der Waals surface area contributed by atoms with E-state index in [1.54, 1.807) is 12.1 Å². The summed E-state index contributed by atoms with van der Waals surface area (Å²) in [5.74, 6) is -0.391. The Morgan fingerprint density at radius 1 is 1.14 bits per heavy atom. The molecule has 0 saturated carbocycles. The number of thiocarbonyl (C=S) groups is 1. The van der Waals surface area contributed by atoms with Crippen molar-refractivity contribution in [3.63, 3.8) is 0 Å². The number of nitrogens with one attached hydrogen (secondary N) is 3. The number of hydrogen-bond acceptors (Lipinski definition) is 5. The SMILES string of the molecule is CC(C)(C)c1ccc(OCC(=O)NNC(=S)NC(=O)c2ccc(Br)o2)c(Br)c1. The van der Waals surface area contributed by atoms with Crippen LogP contribution in [0.1, 0.15) is 36.9 Å². The highest BCUT2D eigenvalue weighted by Gasteiger charge is 2.16. The number of amides is 2. The van der Waals surface area contributed by atoms with Crippen molar-refractivity contribution in [2.45, 2.75) is 26.2 Å². The van der Waals surface area contributed by atoms with Crippen LogP contribution in [0.15, 0.2) is 43.9 Å². The lowest BCUT2D eigenvalue weighted by Gasteiger charge is -2.20. The number of hydrazine groups is 1. The van der Waals surface area contributed by atoms with Crippen molar-refractivity contribution in [3.05, 3.63) is 50.8 Å². The Balaban J connectivity index is 1.78. The zero-order valence-corrected chi connectivity index (χ0v) is 19.4. The van der Waals surface area contributed by atoms with Gasteiger partial charge in [-0.05, 0) is 79.3 Å². The highest BCUT2D eigenvalue weighted by atomic mass is 79.9. The van der Waals surface area contributed by atoms with Crippen LogP contribution in [0.25, 0.3) is 0 Å². The zero-order chi connectivity index (χ0) is 20.9. The topological polar surface area (TPSA) is 92.6 Å². The quantitative estimate of drug-likeness (QED) is 0.409. The lowest BCUT2D eigenvalue weighted by atomic mass is 9.87. The van der Waals surface area contributed by atoms with Gasteiger partial charge in [-0.2, -0.15) is 0 Å². The van der Waals surface area contributed by atoms with Gasteiger partial charge in [-0.1, -0.05) is 26.8 Å². The molecule has 0 aliphatic rings. The second-order valence-electron chi connectivity index (χ2n) is 6.74. The Labute approximate surface area is 184 Å². The molecule has 1 aromatic carbocycles. The summed E-state index contributed by atoms with van der Waals surface area (Å²) in [4.78, 5) is 23.8. The van der Waals surface area contributed by atoms with Gasteiger partial charge in [0.25, 0.3) is 11.8 Å². The van der Waals surface area contributed by atoms with Crippen molar-refractivity contribution in [1.82, 2.24) is 16.2 Å². The molecule has 3 N–H and O–H groups in total. The molecular formula is C18H19Br2N3O4S. The largest absolute Gasteiger partial charge is 0.483 e. The number of carbonyl (C=O) groups is 2. The van der Waals surface area contributed by atoms with Gasteiger partial charge in [0.05, 0.1) is 4.47 Å². The van der Waals surface area contributed by atoms with Crippen LogP contribution in [-0.4, -0.2) is 23.5 Å². The first-order valence-electron chi connectivity index (χ1n) is 8.14. The molecule has 0 aliphatic heterocycles. The Hall–Kier alpha value is -1.91. The number of furan rings is 1. The van der Waals surface area contributed by atoms with Crippen LogP contribution >= 0.6 is 44.1 Å². The Kier molecular flexibility index (Phi) is 7.62. The Bertz CT molecular complexity index is 893. The second kappa shape index (κ2) is 9.53. The normalized spacial score (nSPS) is 10.9. The molecule has 1 heterocycles. The molecule has 0 atom stereocenters. The van der Waals surface area contributed by atoms with Crippen LogP contribution in [-0.2, 0) is 10.2 Å². The standard InChI is InChI=1S/C18H19Br2N3O4S/c1-18(2,3)10-4-5-12(11(19)8-10)26-9-15(24)22-23-17(28)21-16(25)13-6-7-14(20)27-13/h4-8H,9H2,1-3H3,(H,22,24)(H2,21,23,25,28). The Morgan fingerprint density at radius 3 is 2.43 bits per heavy atom. The summed E-state index contributed by atoms with van der Waals surface area (Å²) in [6.07, 6.45) is 0. The molecule has 2 amide bonds. The highest BCUT2D eigenvalue weighted by Crippen LogP contribution is 2.31. The molecule has 0 bridgehead atoms. The molecule has 0 saturated heterocycles. The monoisotopic (exact) mass is 531 g/mol. The van der Waals surface area contributed by atoms with Gasteiger partial charge in [0.15, 0.2) is 22.1 Å². The third kappa shape index (κ3) is 6.61. The minimum absolute atomic E-state index is 0.00814. The third-order valence-electron chi connectivity index (χ3n) is 3.50. The lowest BCUT2D eigenvalue weighted by molar-refractivity contribution is -0.123.